The molecule has 5 rings (SSSR count). The van der Waals surface area contributed by atoms with E-state index >= 15 is 0 Å². The Morgan fingerprint density at radius 1 is 0.881 bits per heavy atom. The maximum Gasteiger partial charge on any atom is 0.289 e. The average Bonchev–Trinajstić information content (AvgIpc) is 3.63. The van der Waals surface area contributed by atoms with Gasteiger partial charge in [-0.3, -0.25) is 24.0 Å². The lowest BCUT2D eigenvalue weighted by Gasteiger charge is -2.26. The summed E-state index contributed by atoms with van der Waals surface area (Å²) in [6.07, 6.45) is 5.41. The zero-order chi connectivity index (χ0) is 29.5. The summed E-state index contributed by atoms with van der Waals surface area (Å²) in [4.78, 5) is 66.4. The molecule has 2 aromatic carbocycles. The van der Waals surface area contributed by atoms with Gasteiger partial charge in [0.2, 0.25) is 17.6 Å². The second-order valence-electron chi connectivity index (χ2n) is 11.1. The fourth-order valence-corrected chi connectivity index (χ4v) is 6.67. The molecule has 3 atom stereocenters. The number of amides is 4. The van der Waals surface area contributed by atoms with Crippen molar-refractivity contribution in [1.29, 1.82) is 0 Å². The minimum atomic E-state index is -1.20. The van der Waals surface area contributed by atoms with Gasteiger partial charge in [0.15, 0.2) is 0 Å². The SMILES string of the molecule is O=C(NC1CCCCC1)C(=O)[C@H](C[C@@H]1CCNC1=O)NC(=O)[C@H](Cc1ccccc1)NC(=O)c1cc2ccccc2s1. The third kappa shape index (κ3) is 7.42. The molecule has 10 heteroatoms. The van der Waals surface area contributed by atoms with Crippen molar-refractivity contribution >= 4 is 50.8 Å². The number of rotatable bonds is 11. The van der Waals surface area contributed by atoms with Gasteiger partial charge >= 0.3 is 0 Å². The van der Waals surface area contributed by atoms with Gasteiger partial charge in [-0.05, 0) is 48.8 Å². The van der Waals surface area contributed by atoms with Crippen LogP contribution >= 0.6 is 11.3 Å². The molecule has 2 fully saturated rings. The Morgan fingerprint density at radius 3 is 2.33 bits per heavy atom. The summed E-state index contributed by atoms with van der Waals surface area (Å²) in [7, 11) is 0. The van der Waals surface area contributed by atoms with Crippen LogP contribution < -0.4 is 21.3 Å². The van der Waals surface area contributed by atoms with Gasteiger partial charge in [0.25, 0.3) is 11.8 Å². The molecule has 1 aliphatic carbocycles. The maximum atomic E-state index is 13.8. The fraction of sp³-hybridized carbons (Fsp3) is 0.406. The number of Topliss-reactive ketones (excluding diaryl/α,β-unsaturated/α-hetero) is 1. The molecule has 42 heavy (non-hydrogen) atoms. The van der Waals surface area contributed by atoms with Gasteiger partial charge in [-0.15, -0.1) is 11.3 Å². The van der Waals surface area contributed by atoms with E-state index in [1.165, 1.54) is 11.3 Å². The van der Waals surface area contributed by atoms with Crippen molar-refractivity contribution < 1.29 is 24.0 Å². The summed E-state index contributed by atoms with van der Waals surface area (Å²) in [5.74, 6) is -3.21. The quantitative estimate of drug-likeness (QED) is 0.255. The molecule has 0 spiro atoms. The number of hydrogen-bond acceptors (Lipinski definition) is 6. The van der Waals surface area contributed by atoms with Crippen LogP contribution in [0.15, 0.2) is 60.7 Å². The normalized spacial score (nSPS) is 18.6. The van der Waals surface area contributed by atoms with Gasteiger partial charge in [-0.1, -0.05) is 67.8 Å². The first-order chi connectivity index (χ1) is 20.4. The van der Waals surface area contributed by atoms with Crippen LogP contribution in [-0.2, 0) is 25.6 Å². The monoisotopic (exact) mass is 588 g/mol. The van der Waals surface area contributed by atoms with Crippen LogP contribution in [0.4, 0.5) is 0 Å². The first-order valence-corrected chi connectivity index (χ1v) is 15.4. The molecule has 4 amide bonds. The fourth-order valence-electron chi connectivity index (χ4n) is 5.70. The van der Waals surface area contributed by atoms with Crippen molar-refractivity contribution in [3.8, 4) is 0 Å². The van der Waals surface area contributed by atoms with Crippen LogP contribution in [0.2, 0.25) is 0 Å². The van der Waals surface area contributed by atoms with Crippen LogP contribution in [0.25, 0.3) is 10.1 Å². The van der Waals surface area contributed by atoms with Gasteiger partial charge in [-0.2, -0.15) is 0 Å². The Kier molecular flexibility index (Phi) is 9.63. The van der Waals surface area contributed by atoms with E-state index in [-0.39, 0.29) is 24.8 Å². The highest BCUT2D eigenvalue weighted by Crippen LogP contribution is 2.25. The van der Waals surface area contributed by atoms with Crippen LogP contribution in [0.5, 0.6) is 0 Å². The highest BCUT2D eigenvalue weighted by molar-refractivity contribution is 7.20. The Labute approximate surface area is 248 Å². The minimum Gasteiger partial charge on any atom is -0.356 e. The largest absolute Gasteiger partial charge is 0.356 e. The molecule has 0 bridgehead atoms. The lowest BCUT2D eigenvalue weighted by Crippen LogP contribution is -2.55. The average molecular weight is 589 g/mol. The van der Waals surface area contributed by atoms with Gasteiger partial charge in [0, 0.05) is 29.6 Å². The molecule has 4 N–H and O–H groups in total. The third-order valence-corrected chi connectivity index (χ3v) is 9.15. The number of ketones is 1. The topological polar surface area (TPSA) is 133 Å². The van der Waals surface area contributed by atoms with Crippen molar-refractivity contribution in [3.63, 3.8) is 0 Å². The van der Waals surface area contributed by atoms with Gasteiger partial charge in [0.1, 0.15) is 6.04 Å². The summed E-state index contributed by atoms with van der Waals surface area (Å²) < 4.78 is 0.955. The molecular weight excluding hydrogens is 552 g/mol. The molecule has 1 aliphatic heterocycles. The molecule has 3 aromatic rings. The number of benzene rings is 2. The molecular formula is C32H36N4O5S. The van der Waals surface area contributed by atoms with Gasteiger partial charge in [-0.25, -0.2) is 0 Å². The summed E-state index contributed by atoms with van der Waals surface area (Å²) in [6, 6.07) is 16.4. The van der Waals surface area contributed by atoms with Crippen molar-refractivity contribution in [2.24, 2.45) is 5.92 Å². The minimum absolute atomic E-state index is 0.0107. The smallest absolute Gasteiger partial charge is 0.289 e. The van der Waals surface area contributed by atoms with Crippen molar-refractivity contribution in [1.82, 2.24) is 21.3 Å². The molecule has 0 radical (unpaired) electrons. The molecule has 0 unspecified atom stereocenters. The zero-order valence-electron chi connectivity index (χ0n) is 23.4. The van der Waals surface area contributed by atoms with Gasteiger partial charge in [0.05, 0.1) is 10.9 Å². The van der Waals surface area contributed by atoms with Gasteiger partial charge < -0.3 is 21.3 Å². The van der Waals surface area contributed by atoms with Crippen molar-refractivity contribution in [3.05, 3.63) is 71.1 Å². The highest BCUT2D eigenvalue weighted by atomic mass is 32.1. The lowest BCUT2D eigenvalue weighted by molar-refractivity contribution is -0.141. The molecule has 1 aromatic heterocycles. The van der Waals surface area contributed by atoms with E-state index in [0.29, 0.717) is 17.8 Å². The highest BCUT2D eigenvalue weighted by Gasteiger charge is 2.36. The van der Waals surface area contributed by atoms with E-state index in [4.69, 9.17) is 0 Å². The number of fused-ring (bicyclic) bond motifs is 1. The van der Waals surface area contributed by atoms with E-state index in [0.717, 1.165) is 47.8 Å². The van der Waals surface area contributed by atoms with E-state index < -0.39 is 41.5 Å². The molecule has 220 valence electrons. The third-order valence-electron chi connectivity index (χ3n) is 8.03. The molecule has 1 saturated carbocycles. The number of nitrogens with one attached hydrogen (secondary N) is 4. The predicted molar refractivity (Wildman–Crippen MR) is 161 cm³/mol. The van der Waals surface area contributed by atoms with Crippen LogP contribution in [0, 0.1) is 5.92 Å². The number of hydrogen-bond donors (Lipinski definition) is 4. The number of thiophene rings is 1. The van der Waals surface area contributed by atoms with E-state index in [2.05, 4.69) is 21.3 Å². The molecule has 1 saturated heterocycles. The second kappa shape index (κ2) is 13.7. The molecule has 2 heterocycles. The second-order valence-corrected chi connectivity index (χ2v) is 12.2. The lowest BCUT2D eigenvalue weighted by atomic mass is 9.93. The Bertz CT molecular complexity index is 1420. The number of carbonyl (C=O) groups excluding carboxylic acids is 5. The predicted octanol–water partition coefficient (Wildman–Crippen LogP) is 3.27. The van der Waals surface area contributed by atoms with E-state index in [1.807, 2.05) is 54.6 Å². The van der Waals surface area contributed by atoms with E-state index in [1.54, 1.807) is 6.07 Å². The first-order valence-electron chi connectivity index (χ1n) is 14.6. The summed E-state index contributed by atoms with van der Waals surface area (Å²) in [6.45, 7) is 0.481. The Balaban J connectivity index is 1.34. The van der Waals surface area contributed by atoms with Crippen LogP contribution in [0.1, 0.15) is 60.2 Å². The molecule has 9 nitrogen and oxygen atoms in total. The van der Waals surface area contributed by atoms with Crippen LogP contribution in [-0.4, -0.2) is 54.1 Å². The molecule has 2 aliphatic rings. The summed E-state index contributed by atoms with van der Waals surface area (Å²) in [5.41, 5.74) is 0.822. The Morgan fingerprint density at radius 2 is 1.62 bits per heavy atom. The van der Waals surface area contributed by atoms with E-state index in [9.17, 15) is 24.0 Å². The summed E-state index contributed by atoms with van der Waals surface area (Å²) in [5, 5.41) is 12.1. The Hall–Kier alpha value is -4.05. The number of carbonyl (C=O) groups is 5. The van der Waals surface area contributed by atoms with Crippen LogP contribution in [0.3, 0.4) is 0 Å². The zero-order valence-corrected chi connectivity index (χ0v) is 24.2. The first kappa shape index (κ1) is 29.4. The summed E-state index contributed by atoms with van der Waals surface area (Å²) >= 11 is 1.33. The standard InChI is InChI=1S/C32H36N4O5S/c37-28(32(41)34-23-12-5-2-6-13-23)24(18-22-15-16-33-29(22)38)35-30(39)25(17-20-9-3-1-4-10-20)36-31(40)27-19-21-11-7-8-14-26(21)42-27/h1,3-4,7-11,14,19,22-25H,2,5-6,12-13,15-18H2,(H,33,38)(H,34,41)(H,35,39)(H,36,40)/t22-,24-,25-/m0/s1. The van der Waals surface area contributed by atoms with Crippen molar-refractivity contribution in [2.45, 2.75) is 69.5 Å². The van der Waals surface area contributed by atoms with Crippen molar-refractivity contribution in [2.75, 3.05) is 6.54 Å². The maximum absolute atomic E-state index is 13.8.